The van der Waals surface area contributed by atoms with E-state index in [9.17, 15) is 13.6 Å². The van der Waals surface area contributed by atoms with Crippen LogP contribution in [-0.2, 0) is 9.53 Å². The molecule has 0 aromatic carbocycles. The first-order valence-electron chi connectivity index (χ1n) is 8.84. The highest BCUT2D eigenvalue weighted by atomic mass is 19.3. The maximum absolute atomic E-state index is 13.3. The van der Waals surface area contributed by atoms with Gasteiger partial charge < -0.3 is 4.74 Å². The van der Waals surface area contributed by atoms with Crippen molar-refractivity contribution < 1.29 is 18.3 Å². The molecule has 0 heterocycles. The summed E-state index contributed by atoms with van der Waals surface area (Å²) in [5.74, 6) is -1.35. The number of hydrogen-bond acceptors (Lipinski definition) is 4. The van der Waals surface area contributed by atoms with Crippen molar-refractivity contribution in [1.82, 2.24) is 5.01 Å². The number of allylic oxidation sites excluding steroid dienone is 1. The van der Waals surface area contributed by atoms with Gasteiger partial charge in [0.1, 0.15) is 0 Å². The number of alkyl halides is 2. The number of nitrogens with zero attached hydrogens (tertiary/aromatic N) is 2. The van der Waals surface area contributed by atoms with Crippen LogP contribution in [0.1, 0.15) is 61.3 Å². The van der Waals surface area contributed by atoms with Gasteiger partial charge in [0.2, 0.25) is 0 Å². The molecule has 6 heteroatoms. The van der Waals surface area contributed by atoms with E-state index in [1.165, 1.54) is 0 Å². The monoisotopic (exact) mass is 360 g/mol. The lowest BCUT2D eigenvalue weighted by atomic mass is 9.75. The third kappa shape index (κ3) is 8.45. The van der Waals surface area contributed by atoms with Crippen molar-refractivity contribution in [3.05, 3.63) is 12.2 Å². The van der Waals surface area contributed by atoms with Gasteiger partial charge >= 0.3 is 12.5 Å². The Bertz CT molecular complexity index is 445. The van der Waals surface area contributed by atoms with Crippen LogP contribution in [0.5, 0.6) is 0 Å². The highest BCUT2D eigenvalue weighted by Gasteiger charge is 2.38. The second kappa shape index (κ2) is 10.5. The van der Waals surface area contributed by atoms with Crippen LogP contribution < -0.4 is 0 Å². The van der Waals surface area contributed by atoms with Crippen LogP contribution in [0.2, 0.25) is 0 Å². The molecule has 0 aliphatic heterocycles. The molecule has 0 saturated carbocycles. The van der Waals surface area contributed by atoms with Gasteiger partial charge in [-0.2, -0.15) is 13.9 Å². The van der Waals surface area contributed by atoms with Gasteiger partial charge in [0, 0.05) is 12.6 Å². The molecule has 4 nitrogen and oxygen atoms in total. The maximum atomic E-state index is 13.3. The average Bonchev–Trinajstić information content (AvgIpc) is 2.44. The van der Waals surface area contributed by atoms with Crippen LogP contribution in [0.3, 0.4) is 0 Å². The summed E-state index contributed by atoms with van der Waals surface area (Å²) in [6.45, 7) is 13.7. The number of rotatable bonds is 10. The molecule has 0 fully saturated rings. The number of ether oxygens (including phenoxy) is 1. The zero-order chi connectivity index (χ0) is 19.8. The van der Waals surface area contributed by atoms with Crippen LogP contribution in [0.4, 0.5) is 8.78 Å². The summed E-state index contributed by atoms with van der Waals surface area (Å²) < 4.78 is 32.0. The Labute approximate surface area is 151 Å². The smallest absolute Gasteiger partial charge is 0.329 e. The van der Waals surface area contributed by atoms with Crippen molar-refractivity contribution in [3.8, 4) is 0 Å². The molecule has 0 aliphatic rings. The van der Waals surface area contributed by atoms with Crippen molar-refractivity contribution in [1.29, 1.82) is 0 Å². The van der Waals surface area contributed by atoms with Crippen molar-refractivity contribution in [2.24, 2.45) is 22.4 Å². The second-order valence-electron chi connectivity index (χ2n) is 7.81. The normalized spacial score (nSPS) is 16.1. The Balaban J connectivity index is 5.85. The predicted molar refractivity (Wildman–Crippen MR) is 98.6 cm³/mol. The number of esters is 1. The van der Waals surface area contributed by atoms with Crippen molar-refractivity contribution in [2.75, 3.05) is 0 Å². The van der Waals surface area contributed by atoms with E-state index in [0.717, 1.165) is 6.42 Å². The number of hydrazone groups is 1. The van der Waals surface area contributed by atoms with E-state index in [0.29, 0.717) is 11.4 Å². The molecule has 0 bridgehead atoms. The molecule has 0 spiro atoms. The maximum Gasteiger partial charge on any atom is 0.329 e. The van der Waals surface area contributed by atoms with Crippen molar-refractivity contribution in [2.45, 2.75) is 80.0 Å². The molecule has 25 heavy (non-hydrogen) atoms. The first-order valence-corrected chi connectivity index (χ1v) is 8.84. The molecule has 0 radical (unpaired) electrons. The van der Waals surface area contributed by atoms with E-state index >= 15 is 0 Å². The van der Waals surface area contributed by atoms with Gasteiger partial charge in [-0.25, -0.2) is 5.01 Å². The van der Waals surface area contributed by atoms with Crippen LogP contribution in [0.25, 0.3) is 0 Å². The number of carbonyl (C=O) groups is 1. The molecule has 0 amide bonds. The highest BCUT2D eigenvalue weighted by molar-refractivity contribution is 5.73. The summed E-state index contributed by atoms with van der Waals surface area (Å²) >= 11 is 0. The topological polar surface area (TPSA) is 41.9 Å². The van der Waals surface area contributed by atoms with Gasteiger partial charge in [-0.15, -0.1) is 0 Å². The lowest BCUT2D eigenvalue weighted by Crippen LogP contribution is -2.43. The van der Waals surface area contributed by atoms with Gasteiger partial charge in [-0.05, 0) is 39.0 Å². The molecule has 0 aromatic rings. The third-order valence-electron chi connectivity index (χ3n) is 3.88. The predicted octanol–water partition coefficient (Wildman–Crippen LogP) is 5.10. The third-order valence-corrected chi connectivity index (χ3v) is 3.88. The zero-order valence-electron chi connectivity index (χ0n) is 16.6. The number of carbonyl (C=O) groups excluding carboxylic acids is 1. The molecule has 0 rings (SSSR count). The fourth-order valence-corrected chi connectivity index (χ4v) is 2.82. The zero-order valence-corrected chi connectivity index (χ0v) is 16.6. The lowest BCUT2D eigenvalue weighted by Gasteiger charge is -2.36. The average molecular weight is 360 g/mol. The minimum atomic E-state index is -2.78. The van der Waals surface area contributed by atoms with E-state index in [2.05, 4.69) is 11.8 Å². The number of hydrogen-bond donors (Lipinski definition) is 0. The van der Waals surface area contributed by atoms with Gasteiger partial charge in [-0.1, -0.05) is 39.8 Å². The molecule has 146 valence electrons. The second-order valence-corrected chi connectivity index (χ2v) is 7.81. The minimum absolute atomic E-state index is 0.157. The largest absolute Gasteiger partial charge is 0.463 e. The van der Waals surface area contributed by atoms with E-state index in [1.54, 1.807) is 20.8 Å². The summed E-state index contributed by atoms with van der Waals surface area (Å²) in [4.78, 5) is 12.7. The molecule has 0 aliphatic carbocycles. The Kier molecular flexibility index (Phi) is 9.90. The van der Waals surface area contributed by atoms with Gasteiger partial charge in [0.25, 0.3) is 0 Å². The van der Waals surface area contributed by atoms with E-state index in [4.69, 9.17) is 4.74 Å². The Morgan fingerprint density at radius 3 is 2.20 bits per heavy atom. The summed E-state index contributed by atoms with van der Waals surface area (Å²) in [6, 6.07) is -0.688. The van der Waals surface area contributed by atoms with Gasteiger partial charge in [0.05, 0.1) is 18.1 Å². The molecule has 1 unspecified atom stereocenters. The minimum Gasteiger partial charge on any atom is -0.463 e. The lowest BCUT2D eigenvalue weighted by molar-refractivity contribution is -0.157. The van der Waals surface area contributed by atoms with Crippen LogP contribution in [0.15, 0.2) is 17.3 Å². The Morgan fingerprint density at radius 1 is 1.28 bits per heavy atom. The molecule has 0 N–H and O–H groups in total. The SMILES string of the molecule is C=NN(C(F)F)[C@H](C)C(C=CCC)[C@@H](CC(C)(C)C)C(=O)OC(C)C. The fraction of sp³-hybridized carbons (Fsp3) is 0.789. The van der Waals surface area contributed by atoms with Crippen LogP contribution in [0, 0.1) is 17.3 Å². The summed E-state index contributed by atoms with van der Waals surface area (Å²) in [6.07, 6.45) is 4.75. The van der Waals surface area contributed by atoms with E-state index in [-0.39, 0.29) is 17.5 Å². The van der Waals surface area contributed by atoms with E-state index < -0.39 is 24.4 Å². The number of halogens is 2. The molecule has 0 aromatic heterocycles. The van der Waals surface area contributed by atoms with Crippen LogP contribution >= 0.6 is 0 Å². The van der Waals surface area contributed by atoms with E-state index in [1.807, 2.05) is 39.8 Å². The summed E-state index contributed by atoms with van der Waals surface area (Å²) in [7, 11) is 0. The Hall–Kier alpha value is -1.46. The molecular weight excluding hydrogens is 326 g/mol. The van der Waals surface area contributed by atoms with Gasteiger partial charge in [-0.3, -0.25) is 4.79 Å². The standard InChI is InChI=1S/C19H34F2N2O2/c1-9-10-11-15(14(4)23(22-8)18(20)21)16(12-19(5,6)7)17(24)25-13(2)3/h10-11,13-16,18H,8-9,12H2,1-7H3/t14-,15?,16-/m1/s1. The van der Waals surface area contributed by atoms with Crippen molar-refractivity contribution in [3.63, 3.8) is 0 Å². The first-order chi connectivity index (χ1) is 11.4. The van der Waals surface area contributed by atoms with Crippen LogP contribution in [-0.4, -0.2) is 36.4 Å². The summed E-state index contributed by atoms with van der Waals surface area (Å²) in [5.41, 5.74) is -0.157. The molecule has 0 saturated heterocycles. The summed E-state index contributed by atoms with van der Waals surface area (Å²) in [5, 5.41) is 4.12. The molecular formula is C19H34F2N2O2. The Morgan fingerprint density at radius 2 is 1.84 bits per heavy atom. The highest BCUT2D eigenvalue weighted by Crippen LogP contribution is 2.35. The molecule has 3 atom stereocenters. The quantitative estimate of drug-likeness (QED) is 0.179. The first kappa shape index (κ1) is 23.5. The van der Waals surface area contributed by atoms with Gasteiger partial charge in [0.15, 0.2) is 0 Å². The fourth-order valence-electron chi connectivity index (χ4n) is 2.82. The van der Waals surface area contributed by atoms with Crippen molar-refractivity contribution >= 4 is 12.7 Å².